The minimum atomic E-state index is -1.36. The lowest BCUT2D eigenvalue weighted by Crippen LogP contribution is -2.19. The SMILES string of the molecule is CC(C)Oc1cc2nc(Cl)c(C=N[S@](=O)C(C)(C)C)cc2cc1Cl. The summed E-state index contributed by atoms with van der Waals surface area (Å²) in [6.45, 7) is 9.43. The minimum Gasteiger partial charge on any atom is -0.489 e. The van der Waals surface area contributed by atoms with Crippen molar-refractivity contribution in [1.82, 2.24) is 4.98 Å². The molecule has 0 saturated carbocycles. The molecule has 0 aliphatic heterocycles. The van der Waals surface area contributed by atoms with Gasteiger partial charge < -0.3 is 4.74 Å². The van der Waals surface area contributed by atoms with E-state index in [2.05, 4.69) is 9.38 Å². The fourth-order valence-electron chi connectivity index (χ4n) is 1.87. The van der Waals surface area contributed by atoms with Gasteiger partial charge in [-0.25, -0.2) is 9.19 Å². The van der Waals surface area contributed by atoms with Gasteiger partial charge in [-0.1, -0.05) is 23.2 Å². The molecule has 0 aliphatic carbocycles. The maximum absolute atomic E-state index is 12.0. The number of ether oxygens (including phenoxy) is 1. The van der Waals surface area contributed by atoms with Crippen molar-refractivity contribution in [3.63, 3.8) is 0 Å². The Labute approximate surface area is 154 Å². The topological polar surface area (TPSA) is 51.6 Å². The Bertz CT molecular complexity index is 814. The van der Waals surface area contributed by atoms with Gasteiger partial charge in [-0.3, -0.25) is 0 Å². The van der Waals surface area contributed by atoms with Crippen molar-refractivity contribution >= 4 is 51.3 Å². The summed E-state index contributed by atoms with van der Waals surface area (Å²) in [6, 6.07) is 5.35. The summed E-state index contributed by atoms with van der Waals surface area (Å²) >= 11 is 12.5. The molecule has 0 saturated heterocycles. The van der Waals surface area contributed by atoms with Crippen LogP contribution in [0.4, 0.5) is 0 Å². The Morgan fingerprint density at radius 2 is 1.92 bits per heavy atom. The van der Waals surface area contributed by atoms with E-state index in [0.717, 1.165) is 5.39 Å². The van der Waals surface area contributed by atoms with Gasteiger partial charge in [0.1, 0.15) is 21.9 Å². The fourth-order valence-corrected chi connectivity index (χ4v) is 2.80. The van der Waals surface area contributed by atoms with E-state index in [4.69, 9.17) is 27.9 Å². The summed E-state index contributed by atoms with van der Waals surface area (Å²) < 4.78 is 21.3. The first-order chi connectivity index (χ1) is 11.1. The summed E-state index contributed by atoms with van der Waals surface area (Å²) in [4.78, 5) is 4.36. The second kappa shape index (κ2) is 7.38. The van der Waals surface area contributed by atoms with Gasteiger partial charge in [0.25, 0.3) is 0 Å². The van der Waals surface area contributed by atoms with Crippen molar-refractivity contribution in [1.29, 1.82) is 0 Å². The van der Waals surface area contributed by atoms with Crippen LogP contribution in [0.25, 0.3) is 10.9 Å². The quantitative estimate of drug-likeness (QED) is 0.535. The number of hydrogen-bond acceptors (Lipinski definition) is 3. The molecule has 0 spiro atoms. The fraction of sp³-hybridized carbons (Fsp3) is 0.412. The highest BCUT2D eigenvalue weighted by molar-refractivity contribution is 7.85. The average Bonchev–Trinajstić information content (AvgIpc) is 2.44. The highest BCUT2D eigenvalue weighted by atomic mass is 35.5. The minimum absolute atomic E-state index is 0.00852. The highest BCUT2D eigenvalue weighted by Gasteiger charge is 2.18. The maximum Gasteiger partial charge on any atom is 0.144 e. The van der Waals surface area contributed by atoms with Gasteiger partial charge in [0.2, 0.25) is 0 Å². The molecular weight excluding hydrogens is 367 g/mol. The number of hydrogen-bond donors (Lipinski definition) is 0. The molecule has 0 unspecified atom stereocenters. The number of aromatic nitrogens is 1. The Kier molecular flexibility index (Phi) is 5.89. The first-order valence-corrected chi connectivity index (χ1v) is 9.36. The molecule has 1 heterocycles. The van der Waals surface area contributed by atoms with Crippen LogP contribution < -0.4 is 4.74 Å². The molecule has 130 valence electrons. The van der Waals surface area contributed by atoms with Crippen molar-refractivity contribution in [2.45, 2.75) is 45.5 Å². The molecule has 1 aromatic carbocycles. The van der Waals surface area contributed by atoms with E-state index < -0.39 is 15.7 Å². The van der Waals surface area contributed by atoms with Crippen LogP contribution >= 0.6 is 23.2 Å². The standard InChI is InChI=1S/C17H20Cl2N2O2S/c1-10(2)23-15-8-14-11(7-13(15)18)6-12(16(19)21-14)9-20-24(22)17(3,4)5/h6-10H,1-5H3/t24-/m1/s1. The Morgan fingerprint density at radius 1 is 1.25 bits per heavy atom. The molecule has 4 nitrogen and oxygen atoms in total. The summed E-state index contributed by atoms with van der Waals surface area (Å²) in [5, 5.41) is 1.60. The third-order valence-corrected chi connectivity index (χ3v) is 4.97. The van der Waals surface area contributed by atoms with E-state index in [1.54, 1.807) is 12.1 Å². The number of rotatable bonds is 4. The van der Waals surface area contributed by atoms with Gasteiger partial charge in [0.15, 0.2) is 0 Å². The number of benzene rings is 1. The van der Waals surface area contributed by atoms with Crippen molar-refractivity contribution in [3.8, 4) is 5.75 Å². The molecule has 0 aliphatic rings. The van der Waals surface area contributed by atoms with Gasteiger partial charge >= 0.3 is 0 Å². The molecule has 2 aromatic rings. The van der Waals surface area contributed by atoms with Crippen molar-refractivity contribution in [3.05, 3.63) is 33.9 Å². The van der Waals surface area contributed by atoms with Crippen LogP contribution in [0.3, 0.4) is 0 Å². The summed E-state index contributed by atoms with van der Waals surface area (Å²) in [7, 11) is -1.36. The van der Waals surface area contributed by atoms with E-state index in [1.165, 1.54) is 6.21 Å². The van der Waals surface area contributed by atoms with E-state index >= 15 is 0 Å². The van der Waals surface area contributed by atoms with E-state index in [9.17, 15) is 4.21 Å². The molecule has 24 heavy (non-hydrogen) atoms. The lowest BCUT2D eigenvalue weighted by atomic mass is 10.1. The normalized spacial score (nSPS) is 13.8. The summed E-state index contributed by atoms with van der Waals surface area (Å²) in [6.07, 6.45) is 1.50. The predicted molar refractivity (Wildman–Crippen MR) is 103 cm³/mol. The number of fused-ring (bicyclic) bond motifs is 1. The van der Waals surface area contributed by atoms with Gasteiger partial charge in [-0.2, -0.15) is 4.40 Å². The lowest BCUT2D eigenvalue weighted by molar-refractivity contribution is 0.243. The van der Waals surface area contributed by atoms with Crippen LogP contribution in [-0.2, 0) is 11.0 Å². The Hall–Kier alpha value is -1.17. The van der Waals surface area contributed by atoms with E-state index in [1.807, 2.05) is 40.7 Å². The monoisotopic (exact) mass is 386 g/mol. The molecule has 0 fully saturated rings. The average molecular weight is 387 g/mol. The van der Waals surface area contributed by atoms with Gasteiger partial charge in [-0.05, 0) is 46.8 Å². The molecule has 0 bridgehead atoms. The van der Waals surface area contributed by atoms with Crippen molar-refractivity contribution in [2.75, 3.05) is 0 Å². The zero-order chi connectivity index (χ0) is 18.1. The molecule has 7 heteroatoms. The van der Waals surface area contributed by atoms with Crippen molar-refractivity contribution in [2.24, 2.45) is 4.40 Å². The third kappa shape index (κ3) is 4.68. The molecule has 1 aromatic heterocycles. The maximum atomic E-state index is 12.0. The third-order valence-electron chi connectivity index (χ3n) is 3.02. The molecule has 0 amide bonds. The second-order valence-electron chi connectivity index (χ2n) is 6.61. The summed E-state index contributed by atoms with van der Waals surface area (Å²) in [5.41, 5.74) is 1.27. The lowest BCUT2D eigenvalue weighted by Gasteiger charge is -2.13. The zero-order valence-corrected chi connectivity index (χ0v) is 16.6. The van der Waals surface area contributed by atoms with Crippen LogP contribution in [0.5, 0.6) is 5.75 Å². The van der Waals surface area contributed by atoms with Gasteiger partial charge in [-0.15, -0.1) is 0 Å². The number of halogens is 2. The van der Waals surface area contributed by atoms with Crippen molar-refractivity contribution < 1.29 is 8.95 Å². The molecule has 0 N–H and O–H groups in total. The van der Waals surface area contributed by atoms with E-state index in [0.29, 0.717) is 21.9 Å². The zero-order valence-electron chi connectivity index (χ0n) is 14.3. The van der Waals surface area contributed by atoms with Gasteiger partial charge in [0.05, 0.1) is 21.4 Å². The molecular formula is C17H20Cl2N2O2S. The number of nitrogens with zero attached hydrogens (tertiary/aromatic N) is 2. The highest BCUT2D eigenvalue weighted by Crippen LogP contribution is 2.31. The first-order valence-electron chi connectivity index (χ1n) is 7.50. The van der Waals surface area contributed by atoms with Crippen LogP contribution in [-0.4, -0.2) is 26.3 Å². The van der Waals surface area contributed by atoms with E-state index in [-0.39, 0.29) is 11.3 Å². The molecule has 0 radical (unpaired) electrons. The second-order valence-corrected chi connectivity index (χ2v) is 9.31. The molecule has 2 rings (SSSR count). The predicted octanol–water partition coefficient (Wildman–Crippen LogP) is 5.21. The van der Waals surface area contributed by atoms with Crippen LogP contribution in [0.15, 0.2) is 22.6 Å². The summed E-state index contributed by atoms with van der Waals surface area (Å²) in [5.74, 6) is 0.568. The Balaban J connectivity index is 2.43. The van der Waals surface area contributed by atoms with Crippen LogP contribution in [0, 0.1) is 0 Å². The largest absolute Gasteiger partial charge is 0.489 e. The number of pyridine rings is 1. The van der Waals surface area contributed by atoms with Gasteiger partial charge in [0, 0.05) is 23.2 Å². The molecule has 1 atom stereocenters. The smallest absolute Gasteiger partial charge is 0.144 e. The van der Waals surface area contributed by atoms with Crippen LogP contribution in [0.2, 0.25) is 10.2 Å². The Morgan fingerprint density at radius 3 is 2.50 bits per heavy atom. The van der Waals surface area contributed by atoms with Crippen LogP contribution in [0.1, 0.15) is 40.2 Å². The first kappa shape index (κ1) is 19.2.